The van der Waals surface area contributed by atoms with Gasteiger partial charge in [0.05, 0.1) is 11.3 Å². The van der Waals surface area contributed by atoms with Crippen molar-refractivity contribution in [1.82, 2.24) is 9.97 Å². The lowest BCUT2D eigenvalue weighted by atomic mass is 10.1. The number of H-pyrrole nitrogens is 1. The molecule has 4 N–H and O–H groups in total. The van der Waals surface area contributed by atoms with Gasteiger partial charge in [0.15, 0.2) is 0 Å². The van der Waals surface area contributed by atoms with Crippen LogP contribution in [0.2, 0.25) is 0 Å². The van der Waals surface area contributed by atoms with Crippen LogP contribution in [0.4, 0.5) is 24.8 Å². The van der Waals surface area contributed by atoms with E-state index in [1.165, 1.54) is 18.2 Å². The molecule has 0 atom stereocenters. The molecule has 0 amide bonds. The molecule has 2 aromatic rings. The number of alkyl halides is 3. The molecule has 1 aromatic heterocycles. The SMILES string of the molecule is Cc1nc(N=C(N)Nc2ccccc2C(F)(F)F)[nH]c(=O)c1C. The third-order valence-electron chi connectivity index (χ3n) is 3.10. The van der Waals surface area contributed by atoms with Gasteiger partial charge < -0.3 is 11.1 Å². The van der Waals surface area contributed by atoms with Crippen LogP contribution in [0.1, 0.15) is 16.8 Å². The predicted octanol–water partition coefficient (Wildman–Crippen LogP) is 2.46. The second-order valence-corrected chi connectivity index (χ2v) is 4.77. The first-order valence-electron chi connectivity index (χ1n) is 6.53. The maximum atomic E-state index is 12.9. The number of anilines is 1. The standard InChI is InChI=1S/C14H14F3N5O/c1-7-8(2)19-13(21-11(7)23)22-12(18)20-10-6-4-3-5-9(10)14(15,16)17/h3-6H,1-2H3,(H4,18,19,20,21,22,23). The Hall–Kier alpha value is -2.84. The molecule has 9 heteroatoms. The monoisotopic (exact) mass is 325 g/mol. The fourth-order valence-electron chi connectivity index (χ4n) is 1.80. The number of hydrogen-bond donors (Lipinski definition) is 3. The van der Waals surface area contributed by atoms with E-state index in [0.29, 0.717) is 11.3 Å². The van der Waals surface area contributed by atoms with Crippen molar-refractivity contribution in [3.8, 4) is 0 Å². The number of guanidine groups is 1. The molecule has 2 rings (SSSR count). The molecule has 6 nitrogen and oxygen atoms in total. The summed E-state index contributed by atoms with van der Waals surface area (Å²) in [5.41, 5.74) is 4.97. The van der Waals surface area contributed by atoms with Crippen molar-refractivity contribution in [2.75, 3.05) is 5.32 Å². The lowest BCUT2D eigenvalue weighted by Crippen LogP contribution is -2.24. The highest BCUT2D eigenvalue weighted by molar-refractivity contribution is 5.94. The number of nitrogens with one attached hydrogen (secondary N) is 2. The zero-order valence-electron chi connectivity index (χ0n) is 12.3. The molecular formula is C14H14F3N5O. The molecule has 0 unspecified atom stereocenters. The number of nitrogens with zero attached hydrogens (tertiary/aromatic N) is 2. The van der Waals surface area contributed by atoms with Crippen molar-refractivity contribution in [3.05, 3.63) is 51.4 Å². The molecule has 23 heavy (non-hydrogen) atoms. The van der Waals surface area contributed by atoms with Crippen molar-refractivity contribution in [3.63, 3.8) is 0 Å². The van der Waals surface area contributed by atoms with E-state index in [2.05, 4.69) is 20.3 Å². The fraction of sp³-hybridized carbons (Fsp3) is 0.214. The highest BCUT2D eigenvalue weighted by Gasteiger charge is 2.33. The molecule has 0 spiro atoms. The number of aromatic nitrogens is 2. The normalized spacial score (nSPS) is 12.3. The van der Waals surface area contributed by atoms with Crippen LogP contribution in [0.15, 0.2) is 34.1 Å². The van der Waals surface area contributed by atoms with Gasteiger partial charge in [0.2, 0.25) is 11.9 Å². The molecule has 0 aliphatic heterocycles. The van der Waals surface area contributed by atoms with Gasteiger partial charge in [0.1, 0.15) is 0 Å². The van der Waals surface area contributed by atoms with E-state index in [1.54, 1.807) is 13.8 Å². The molecule has 0 saturated carbocycles. The number of hydrogen-bond acceptors (Lipinski definition) is 3. The van der Waals surface area contributed by atoms with Crippen LogP contribution < -0.4 is 16.6 Å². The number of rotatable bonds is 2. The lowest BCUT2D eigenvalue weighted by molar-refractivity contribution is -0.136. The number of aromatic amines is 1. The molecule has 1 aromatic carbocycles. The van der Waals surface area contributed by atoms with E-state index in [4.69, 9.17) is 5.73 Å². The van der Waals surface area contributed by atoms with E-state index in [0.717, 1.165) is 6.07 Å². The van der Waals surface area contributed by atoms with E-state index < -0.39 is 11.7 Å². The topological polar surface area (TPSA) is 96.2 Å². The van der Waals surface area contributed by atoms with Gasteiger partial charge in [-0.3, -0.25) is 9.78 Å². The average Bonchev–Trinajstić information content (AvgIpc) is 2.44. The van der Waals surface area contributed by atoms with Crippen LogP contribution in [0.3, 0.4) is 0 Å². The molecule has 0 aliphatic rings. The van der Waals surface area contributed by atoms with Gasteiger partial charge in [0, 0.05) is 11.3 Å². The summed E-state index contributed by atoms with van der Waals surface area (Å²) in [7, 11) is 0. The van der Waals surface area contributed by atoms with Crippen LogP contribution in [0, 0.1) is 13.8 Å². The van der Waals surface area contributed by atoms with Gasteiger partial charge in [-0.2, -0.15) is 18.2 Å². The fourth-order valence-corrected chi connectivity index (χ4v) is 1.80. The number of nitrogens with two attached hydrogens (primary N) is 1. The Kier molecular flexibility index (Phi) is 4.39. The smallest absolute Gasteiger partial charge is 0.369 e. The van der Waals surface area contributed by atoms with Gasteiger partial charge in [-0.1, -0.05) is 12.1 Å². The highest BCUT2D eigenvalue weighted by Crippen LogP contribution is 2.34. The highest BCUT2D eigenvalue weighted by atomic mass is 19.4. The first kappa shape index (κ1) is 16.5. The maximum Gasteiger partial charge on any atom is 0.418 e. The van der Waals surface area contributed by atoms with Crippen molar-refractivity contribution < 1.29 is 13.2 Å². The molecule has 0 bridgehead atoms. The second-order valence-electron chi connectivity index (χ2n) is 4.77. The lowest BCUT2D eigenvalue weighted by Gasteiger charge is -2.13. The zero-order valence-corrected chi connectivity index (χ0v) is 12.3. The second kappa shape index (κ2) is 6.11. The number of benzene rings is 1. The van der Waals surface area contributed by atoms with Crippen LogP contribution in [0.5, 0.6) is 0 Å². The van der Waals surface area contributed by atoms with Crippen LogP contribution >= 0.6 is 0 Å². The Morgan fingerprint density at radius 3 is 2.57 bits per heavy atom. The minimum absolute atomic E-state index is 0.0902. The molecule has 122 valence electrons. The van der Waals surface area contributed by atoms with Gasteiger partial charge in [-0.25, -0.2) is 4.98 Å². The van der Waals surface area contributed by atoms with Gasteiger partial charge in [-0.05, 0) is 26.0 Å². The van der Waals surface area contributed by atoms with Gasteiger partial charge in [0.25, 0.3) is 5.56 Å². The number of para-hydroxylation sites is 1. The third kappa shape index (κ3) is 3.87. The van der Waals surface area contributed by atoms with Gasteiger partial charge in [-0.15, -0.1) is 0 Å². The van der Waals surface area contributed by atoms with Crippen molar-refractivity contribution in [2.45, 2.75) is 20.0 Å². The molecular weight excluding hydrogens is 311 g/mol. The summed E-state index contributed by atoms with van der Waals surface area (Å²) >= 11 is 0. The summed E-state index contributed by atoms with van der Waals surface area (Å²) < 4.78 is 38.7. The summed E-state index contributed by atoms with van der Waals surface area (Å²) in [4.78, 5) is 21.8. The number of aliphatic imine (C=N–C) groups is 1. The molecule has 1 heterocycles. The zero-order chi connectivity index (χ0) is 17.2. The van der Waals surface area contributed by atoms with Crippen LogP contribution in [-0.4, -0.2) is 15.9 Å². The first-order chi connectivity index (χ1) is 10.7. The summed E-state index contributed by atoms with van der Waals surface area (Å²) in [5.74, 6) is -0.416. The minimum atomic E-state index is -4.53. The van der Waals surface area contributed by atoms with E-state index in [1.807, 2.05) is 0 Å². The summed E-state index contributed by atoms with van der Waals surface area (Å²) in [6, 6.07) is 4.85. The van der Waals surface area contributed by atoms with Crippen molar-refractivity contribution >= 4 is 17.6 Å². The van der Waals surface area contributed by atoms with E-state index in [-0.39, 0.29) is 23.2 Å². The number of halogens is 3. The Balaban J connectivity index is 2.33. The largest absolute Gasteiger partial charge is 0.418 e. The summed E-state index contributed by atoms with van der Waals surface area (Å²) in [5, 5.41) is 2.36. The van der Waals surface area contributed by atoms with Crippen LogP contribution in [0.25, 0.3) is 0 Å². The molecule has 0 fully saturated rings. The molecule has 0 saturated heterocycles. The summed E-state index contributed by atoms with van der Waals surface area (Å²) in [6.07, 6.45) is -4.53. The average molecular weight is 325 g/mol. The van der Waals surface area contributed by atoms with Gasteiger partial charge >= 0.3 is 6.18 Å². The van der Waals surface area contributed by atoms with E-state index >= 15 is 0 Å². The molecule has 0 aliphatic carbocycles. The van der Waals surface area contributed by atoms with E-state index in [9.17, 15) is 18.0 Å². The van der Waals surface area contributed by atoms with Crippen molar-refractivity contribution in [1.29, 1.82) is 0 Å². The first-order valence-corrected chi connectivity index (χ1v) is 6.53. The maximum absolute atomic E-state index is 12.9. The predicted molar refractivity (Wildman–Crippen MR) is 80.7 cm³/mol. The van der Waals surface area contributed by atoms with Crippen LogP contribution in [-0.2, 0) is 6.18 Å². The number of aryl methyl sites for hydroxylation is 1. The quantitative estimate of drug-likeness (QED) is 0.584. The Labute approximate surface area is 129 Å². The summed E-state index contributed by atoms with van der Waals surface area (Å²) in [6.45, 7) is 3.21. The van der Waals surface area contributed by atoms with Crippen molar-refractivity contribution in [2.24, 2.45) is 10.7 Å². The minimum Gasteiger partial charge on any atom is -0.369 e. The Morgan fingerprint density at radius 2 is 1.96 bits per heavy atom. The third-order valence-corrected chi connectivity index (χ3v) is 3.10. The Morgan fingerprint density at radius 1 is 1.30 bits per heavy atom. The Bertz CT molecular complexity index is 811. The molecule has 0 radical (unpaired) electrons.